The molecule has 0 spiro atoms. The van der Waals surface area contributed by atoms with Crippen LogP contribution in [0, 0.1) is 0 Å². The molecule has 0 unspecified atom stereocenters. The first-order valence-corrected chi connectivity index (χ1v) is 34.6. The van der Waals surface area contributed by atoms with Crippen LogP contribution in [0.5, 0.6) is 23.0 Å². The van der Waals surface area contributed by atoms with E-state index in [2.05, 4.69) is 6.58 Å². The highest BCUT2D eigenvalue weighted by atomic mass is 16.6. The van der Waals surface area contributed by atoms with E-state index in [1.807, 2.05) is 6.92 Å². The van der Waals surface area contributed by atoms with Crippen LogP contribution in [0.25, 0.3) is 0 Å². The number of hydrogen-bond donors (Lipinski definition) is 0. The molecule has 3 rings (SSSR count). The lowest BCUT2D eigenvalue weighted by Crippen LogP contribution is -2.09. The van der Waals surface area contributed by atoms with Crippen molar-refractivity contribution in [2.75, 3.05) is 59.5 Å². The number of unbranched alkanes of at least 4 members (excludes halogenated alkanes) is 21. The average molecular weight is 1320 g/mol. The van der Waals surface area contributed by atoms with Gasteiger partial charge in [0.2, 0.25) is 0 Å². The van der Waals surface area contributed by atoms with Crippen LogP contribution < -0.4 is 18.9 Å². The van der Waals surface area contributed by atoms with Crippen molar-refractivity contribution in [2.45, 2.75) is 232 Å². The van der Waals surface area contributed by atoms with Crippen molar-refractivity contribution in [3.8, 4) is 23.0 Å². The van der Waals surface area contributed by atoms with E-state index in [0.29, 0.717) is 190 Å². The third kappa shape index (κ3) is 43.9. The van der Waals surface area contributed by atoms with E-state index in [-0.39, 0.29) is 41.8 Å². The molecule has 0 aliphatic rings. The number of rotatable bonds is 58. The molecule has 0 aliphatic carbocycles. The van der Waals surface area contributed by atoms with E-state index in [0.717, 1.165) is 128 Å². The van der Waals surface area contributed by atoms with Crippen LogP contribution in [-0.2, 0) is 66.7 Å². The van der Waals surface area contributed by atoms with Gasteiger partial charge in [-0.2, -0.15) is 0 Å². The van der Waals surface area contributed by atoms with Gasteiger partial charge in [-0.15, -0.1) is 0 Å². The Labute approximate surface area is 557 Å². The predicted octanol–water partition coefficient (Wildman–Crippen LogP) is 15.5. The van der Waals surface area contributed by atoms with Gasteiger partial charge in [-0.25, -0.2) is 14.4 Å². The van der Waals surface area contributed by atoms with Crippen molar-refractivity contribution >= 4 is 53.7 Å². The summed E-state index contributed by atoms with van der Waals surface area (Å²) in [4.78, 5) is 109. The Kier molecular flexibility index (Phi) is 46.7. The third-order valence-corrected chi connectivity index (χ3v) is 14.9. The molecule has 0 saturated heterocycles. The van der Waals surface area contributed by atoms with Crippen molar-refractivity contribution in [1.29, 1.82) is 0 Å². The largest absolute Gasteiger partial charge is 0.494 e. The second-order valence-electron chi connectivity index (χ2n) is 23.1. The predicted molar refractivity (Wildman–Crippen MR) is 354 cm³/mol. The number of ether oxygens (including phenoxy) is 11. The van der Waals surface area contributed by atoms with Crippen LogP contribution in [0.3, 0.4) is 0 Å². The fourth-order valence-corrected chi connectivity index (χ4v) is 9.33. The van der Waals surface area contributed by atoms with E-state index >= 15 is 0 Å². The summed E-state index contributed by atoms with van der Waals surface area (Å²) in [6.45, 7) is 8.96. The average Bonchev–Trinajstić information content (AvgIpc) is 0.972. The van der Waals surface area contributed by atoms with Crippen LogP contribution in [-0.4, -0.2) is 113 Å². The zero-order chi connectivity index (χ0) is 67.7. The maximum Gasteiger partial charge on any atom is 0.343 e. The molecule has 0 saturated carbocycles. The van der Waals surface area contributed by atoms with E-state index in [9.17, 15) is 43.2 Å². The van der Waals surface area contributed by atoms with Gasteiger partial charge in [-0.1, -0.05) is 71.3 Å². The summed E-state index contributed by atoms with van der Waals surface area (Å²) in [5, 5.41) is 0. The fraction of sp³-hybridized carbons (Fsp3) is 0.608. The SMILES string of the molecule is C=CC(=O)OCCCCCCCCOc1ccc(C(=O)Oc2ccc(OC(=O)c3ccc(OCCCCCCCCOC(=O)CCCCCOC(=O)CCCCCOC(=O)CCCCCOC(=O)CCCCCOC(=O)CCCCCOC(=O)CCCC)cc3)cc2)cc1. The molecule has 20 heteroatoms. The number of esters is 9. The molecular formula is C74H106O20. The Bertz CT molecular complexity index is 2580. The van der Waals surface area contributed by atoms with Crippen molar-refractivity contribution < 1.29 is 95.3 Å². The Morgan fingerprint density at radius 2 is 0.500 bits per heavy atom. The van der Waals surface area contributed by atoms with E-state index in [4.69, 9.17) is 52.1 Å². The van der Waals surface area contributed by atoms with Crippen molar-refractivity contribution in [2.24, 2.45) is 0 Å². The highest BCUT2D eigenvalue weighted by Gasteiger charge is 2.14. The molecule has 0 aromatic heterocycles. The van der Waals surface area contributed by atoms with Crippen LogP contribution in [0.2, 0.25) is 0 Å². The van der Waals surface area contributed by atoms with Gasteiger partial charge in [-0.05, 0) is 201 Å². The highest BCUT2D eigenvalue weighted by Crippen LogP contribution is 2.23. The van der Waals surface area contributed by atoms with Gasteiger partial charge in [0.05, 0.1) is 70.6 Å². The Balaban J connectivity index is 1.03. The Morgan fingerprint density at radius 3 is 0.766 bits per heavy atom. The summed E-state index contributed by atoms with van der Waals surface area (Å²) < 4.78 is 59.5. The standard InChI is InChI=1S/C74H106O20/c1-3-5-33-67(76)87-55-28-14-19-35-69(78)89-57-30-16-21-37-71(80)91-59-32-18-23-38-72(81)92-58-31-17-22-36-70(79)90-56-29-15-20-34-68(77)88-54-27-13-9-7-11-25-52-85-63-45-41-61(42-46-63)74(83)94-65-49-47-64(48-50-65)93-73(82)60-39-43-62(44-40-60)84-51-24-10-6-8-12-26-53-86-66(75)4-2/h4,39-50H,2-3,5-38,51-59H2,1H3. The monoisotopic (exact) mass is 1310 g/mol. The maximum absolute atomic E-state index is 12.8. The lowest BCUT2D eigenvalue weighted by molar-refractivity contribution is -0.146. The van der Waals surface area contributed by atoms with Gasteiger partial charge in [0.1, 0.15) is 23.0 Å². The molecule has 0 aliphatic heterocycles. The van der Waals surface area contributed by atoms with Gasteiger partial charge in [0.15, 0.2) is 0 Å². The normalized spacial score (nSPS) is 10.8. The quantitative estimate of drug-likeness (QED) is 0.0167. The number of hydrogen-bond acceptors (Lipinski definition) is 20. The fourth-order valence-electron chi connectivity index (χ4n) is 9.33. The van der Waals surface area contributed by atoms with Gasteiger partial charge < -0.3 is 52.1 Å². The molecule has 0 amide bonds. The molecule has 0 atom stereocenters. The smallest absolute Gasteiger partial charge is 0.343 e. The molecule has 0 fully saturated rings. The second kappa shape index (κ2) is 54.6. The summed E-state index contributed by atoms with van der Waals surface area (Å²) in [6.07, 6.45) is 27.1. The molecule has 94 heavy (non-hydrogen) atoms. The number of carbonyl (C=O) groups is 9. The molecule has 0 bridgehead atoms. The lowest BCUT2D eigenvalue weighted by atomic mass is 10.1. The van der Waals surface area contributed by atoms with Gasteiger partial charge in [0.25, 0.3) is 0 Å². The van der Waals surface area contributed by atoms with E-state index in [1.165, 1.54) is 6.08 Å². The third-order valence-electron chi connectivity index (χ3n) is 14.9. The molecular weight excluding hydrogens is 1210 g/mol. The van der Waals surface area contributed by atoms with E-state index in [1.54, 1.807) is 72.8 Å². The summed E-state index contributed by atoms with van der Waals surface area (Å²) in [5.74, 6) is -0.954. The van der Waals surface area contributed by atoms with Crippen LogP contribution in [0.15, 0.2) is 85.5 Å². The van der Waals surface area contributed by atoms with Crippen molar-refractivity contribution in [1.82, 2.24) is 0 Å². The molecule has 3 aromatic carbocycles. The maximum atomic E-state index is 12.8. The molecule has 522 valence electrons. The molecule has 20 nitrogen and oxygen atoms in total. The molecule has 0 heterocycles. The summed E-state index contributed by atoms with van der Waals surface area (Å²) in [7, 11) is 0. The van der Waals surface area contributed by atoms with Crippen LogP contribution in [0.1, 0.15) is 252 Å². The molecule has 3 aromatic rings. The minimum atomic E-state index is -0.537. The van der Waals surface area contributed by atoms with Gasteiger partial charge in [0, 0.05) is 44.6 Å². The van der Waals surface area contributed by atoms with Crippen LogP contribution in [0.4, 0.5) is 0 Å². The number of carbonyl (C=O) groups excluding carboxylic acids is 9. The first-order valence-electron chi connectivity index (χ1n) is 34.6. The Hall–Kier alpha value is -7.77. The van der Waals surface area contributed by atoms with Crippen LogP contribution >= 0.6 is 0 Å². The highest BCUT2D eigenvalue weighted by molar-refractivity contribution is 5.92. The topological polar surface area (TPSA) is 255 Å². The first-order chi connectivity index (χ1) is 45.8. The molecule has 0 radical (unpaired) electrons. The van der Waals surface area contributed by atoms with Gasteiger partial charge in [-0.3, -0.25) is 28.8 Å². The minimum Gasteiger partial charge on any atom is -0.494 e. The second-order valence-corrected chi connectivity index (χ2v) is 23.1. The lowest BCUT2D eigenvalue weighted by Gasteiger charge is -2.09. The summed E-state index contributed by atoms with van der Waals surface area (Å²) >= 11 is 0. The van der Waals surface area contributed by atoms with E-state index < -0.39 is 11.9 Å². The number of benzene rings is 3. The summed E-state index contributed by atoms with van der Waals surface area (Å²) in [6, 6.07) is 19.7. The Morgan fingerprint density at radius 1 is 0.277 bits per heavy atom. The van der Waals surface area contributed by atoms with Crippen molar-refractivity contribution in [3.05, 3.63) is 96.6 Å². The molecule has 0 N–H and O–H groups in total. The van der Waals surface area contributed by atoms with Crippen molar-refractivity contribution in [3.63, 3.8) is 0 Å². The summed E-state index contributed by atoms with van der Waals surface area (Å²) in [5.41, 5.74) is 0.725. The minimum absolute atomic E-state index is 0.165. The zero-order valence-electron chi connectivity index (χ0n) is 56.0. The first kappa shape index (κ1) is 80.5. The van der Waals surface area contributed by atoms with Gasteiger partial charge >= 0.3 is 53.7 Å². The zero-order valence-corrected chi connectivity index (χ0v) is 56.0.